The predicted octanol–water partition coefficient (Wildman–Crippen LogP) is 5.11. The van der Waals surface area contributed by atoms with E-state index in [0.717, 1.165) is 32.6 Å². The van der Waals surface area contributed by atoms with E-state index in [0.29, 0.717) is 12.2 Å². The number of benzene rings is 3. The van der Waals surface area contributed by atoms with Gasteiger partial charge in [-0.2, -0.15) is 5.10 Å². The van der Waals surface area contributed by atoms with Crippen LogP contribution in [0.1, 0.15) is 34.7 Å². The van der Waals surface area contributed by atoms with Gasteiger partial charge in [-0.05, 0) is 36.8 Å². The Hall–Kier alpha value is -3.12. The van der Waals surface area contributed by atoms with Crippen LogP contribution in [0.15, 0.2) is 76.3 Å². The van der Waals surface area contributed by atoms with Crippen LogP contribution in [-0.4, -0.2) is 16.6 Å². The Balaban J connectivity index is 1.57. The highest BCUT2D eigenvalue weighted by Crippen LogP contribution is 2.54. The van der Waals surface area contributed by atoms with Crippen molar-refractivity contribution in [2.45, 2.75) is 25.1 Å². The summed E-state index contributed by atoms with van der Waals surface area (Å²) in [6.07, 6.45) is 0.701. The van der Waals surface area contributed by atoms with Gasteiger partial charge in [0, 0.05) is 16.5 Å². The fourth-order valence-electron chi connectivity index (χ4n) is 4.59. The second kappa shape index (κ2) is 6.19. The SMILES string of the molecule is Cc1ccc(C2=NN3[C@@H](C2)c2cc(Br)ccc2O[C@]32C(=O)Nc3ccccc32)cc1. The number of hydrogen-bond acceptors (Lipinski definition) is 4. The first-order valence-corrected chi connectivity index (χ1v) is 10.7. The second-order valence-electron chi connectivity index (χ2n) is 7.91. The molecule has 0 unspecified atom stereocenters. The minimum atomic E-state index is -1.31. The molecule has 3 heterocycles. The van der Waals surface area contributed by atoms with Crippen molar-refractivity contribution in [2.75, 3.05) is 5.32 Å². The largest absolute Gasteiger partial charge is 0.453 e. The van der Waals surface area contributed by atoms with Gasteiger partial charge >= 0.3 is 5.72 Å². The number of anilines is 1. The van der Waals surface area contributed by atoms with Crippen molar-refractivity contribution < 1.29 is 9.53 Å². The van der Waals surface area contributed by atoms with E-state index in [1.165, 1.54) is 5.56 Å². The van der Waals surface area contributed by atoms with Gasteiger partial charge in [-0.25, -0.2) is 5.01 Å². The number of fused-ring (bicyclic) bond motifs is 6. The topological polar surface area (TPSA) is 53.9 Å². The van der Waals surface area contributed by atoms with Crippen molar-refractivity contribution in [3.8, 4) is 5.75 Å². The maximum atomic E-state index is 13.4. The fraction of sp³-hybridized carbons (Fsp3) is 0.167. The average Bonchev–Trinajstić information content (AvgIpc) is 3.31. The van der Waals surface area contributed by atoms with E-state index in [4.69, 9.17) is 9.84 Å². The summed E-state index contributed by atoms with van der Waals surface area (Å²) >= 11 is 3.58. The third kappa shape index (κ3) is 2.34. The van der Waals surface area contributed by atoms with Gasteiger partial charge in [-0.15, -0.1) is 0 Å². The third-order valence-corrected chi connectivity index (χ3v) is 6.55. The Kier molecular flexibility index (Phi) is 3.65. The molecule has 1 amide bonds. The van der Waals surface area contributed by atoms with E-state index >= 15 is 0 Å². The molecule has 0 saturated heterocycles. The van der Waals surface area contributed by atoms with Crippen LogP contribution >= 0.6 is 15.9 Å². The molecular formula is C24H18BrN3O2. The molecule has 3 aliphatic rings. The molecule has 6 heteroatoms. The number of halogens is 1. The molecule has 5 nitrogen and oxygen atoms in total. The first-order chi connectivity index (χ1) is 14.6. The van der Waals surface area contributed by atoms with Crippen molar-refractivity contribution >= 4 is 33.2 Å². The third-order valence-electron chi connectivity index (χ3n) is 6.05. The van der Waals surface area contributed by atoms with E-state index < -0.39 is 5.72 Å². The second-order valence-corrected chi connectivity index (χ2v) is 8.82. The van der Waals surface area contributed by atoms with Crippen LogP contribution < -0.4 is 10.1 Å². The molecule has 0 fully saturated rings. The monoisotopic (exact) mass is 459 g/mol. The number of hydrogen-bond donors (Lipinski definition) is 1. The van der Waals surface area contributed by atoms with E-state index in [1.807, 2.05) is 41.4 Å². The van der Waals surface area contributed by atoms with Gasteiger partial charge in [-0.1, -0.05) is 64.0 Å². The first-order valence-electron chi connectivity index (χ1n) is 9.89. The van der Waals surface area contributed by atoms with E-state index in [9.17, 15) is 4.79 Å². The minimum absolute atomic E-state index is 0.0977. The summed E-state index contributed by atoms with van der Waals surface area (Å²) in [5.41, 5.74) is 4.49. The molecule has 148 valence electrons. The molecule has 0 aliphatic carbocycles. The lowest BCUT2D eigenvalue weighted by Gasteiger charge is -2.44. The number of nitrogens with zero attached hydrogens (tertiary/aromatic N) is 2. The number of carbonyl (C=O) groups excluding carboxylic acids is 1. The molecule has 0 bridgehead atoms. The van der Waals surface area contributed by atoms with E-state index in [-0.39, 0.29) is 11.9 Å². The minimum Gasteiger partial charge on any atom is -0.453 e. The van der Waals surface area contributed by atoms with Gasteiger partial charge in [0.15, 0.2) is 0 Å². The fourth-order valence-corrected chi connectivity index (χ4v) is 4.97. The molecule has 1 spiro atoms. The molecule has 0 radical (unpaired) electrons. The lowest BCUT2D eigenvalue weighted by Crippen LogP contribution is -2.55. The molecule has 1 N–H and O–H groups in total. The van der Waals surface area contributed by atoms with Gasteiger partial charge in [-0.3, -0.25) is 4.79 Å². The lowest BCUT2D eigenvalue weighted by atomic mass is 9.92. The summed E-state index contributed by atoms with van der Waals surface area (Å²) in [6, 6.07) is 21.9. The van der Waals surface area contributed by atoms with Crippen LogP contribution in [-0.2, 0) is 10.5 Å². The first kappa shape index (κ1) is 17.7. The van der Waals surface area contributed by atoms with Crippen LogP contribution in [0.4, 0.5) is 5.69 Å². The number of nitrogens with one attached hydrogen (secondary N) is 1. The average molecular weight is 460 g/mol. The molecule has 30 heavy (non-hydrogen) atoms. The Morgan fingerprint density at radius 1 is 1.13 bits per heavy atom. The standard InChI is InChI=1S/C24H18BrN3O2/c1-14-6-8-15(9-7-14)20-13-21-17-12-16(25)10-11-22(17)30-24(28(21)27-20)18-4-2-3-5-19(18)26-23(24)29/h2-12,21H,13H2,1H3,(H,26,29)/t21-,24+/m0/s1. The number of carbonyl (C=O) groups is 1. The van der Waals surface area contributed by atoms with Crippen molar-refractivity contribution in [3.63, 3.8) is 0 Å². The Bertz CT molecular complexity index is 1240. The number of aryl methyl sites for hydroxylation is 1. The summed E-state index contributed by atoms with van der Waals surface area (Å²) in [6.45, 7) is 2.07. The molecular weight excluding hydrogens is 442 g/mol. The van der Waals surface area contributed by atoms with E-state index in [1.54, 1.807) is 0 Å². The van der Waals surface area contributed by atoms with Gasteiger partial charge in [0.05, 0.1) is 23.0 Å². The van der Waals surface area contributed by atoms with Gasteiger partial charge in [0.25, 0.3) is 5.91 Å². The van der Waals surface area contributed by atoms with Crippen LogP contribution in [0.3, 0.4) is 0 Å². The molecule has 3 aromatic rings. The molecule has 0 aromatic heterocycles. The quantitative estimate of drug-likeness (QED) is 0.550. The highest BCUT2D eigenvalue weighted by atomic mass is 79.9. The number of rotatable bonds is 1. The zero-order chi connectivity index (χ0) is 20.5. The lowest BCUT2D eigenvalue weighted by molar-refractivity contribution is -0.161. The normalized spacial score (nSPS) is 23.4. The zero-order valence-electron chi connectivity index (χ0n) is 16.2. The highest BCUT2D eigenvalue weighted by molar-refractivity contribution is 9.10. The smallest absolute Gasteiger partial charge is 0.306 e. The highest BCUT2D eigenvalue weighted by Gasteiger charge is 2.60. The number of ether oxygens (including phenoxy) is 1. The summed E-state index contributed by atoms with van der Waals surface area (Å²) in [7, 11) is 0. The molecule has 0 saturated carbocycles. The Morgan fingerprint density at radius 3 is 2.77 bits per heavy atom. The number of amides is 1. The maximum absolute atomic E-state index is 13.4. The van der Waals surface area contributed by atoms with Gasteiger partial charge in [0.1, 0.15) is 5.75 Å². The summed E-state index contributed by atoms with van der Waals surface area (Å²) in [5.74, 6) is 0.503. The van der Waals surface area contributed by atoms with Crippen LogP contribution in [0.5, 0.6) is 5.75 Å². The summed E-state index contributed by atoms with van der Waals surface area (Å²) in [4.78, 5) is 13.4. The number of para-hydroxylation sites is 1. The van der Waals surface area contributed by atoms with Crippen molar-refractivity contribution in [1.82, 2.24) is 5.01 Å². The van der Waals surface area contributed by atoms with Crippen molar-refractivity contribution in [3.05, 3.63) is 93.5 Å². The maximum Gasteiger partial charge on any atom is 0.306 e. The Morgan fingerprint density at radius 2 is 1.93 bits per heavy atom. The zero-order valence-corrected chi connectivity index (χ0v) is 17.8. The molecule has 6 rings (SSSR count). The van der Waals surface area contributed by atoms with Gasteiger partial charge in [0.2, 0.25) is 0 Å². The van der Waals surface area contributed by atoms with Crippen LogP contribution in [0.2, 0.25) is 0 Å². The predicted molar refractivity (Wildman–Crippen MR) is 118 cm³/mol. The molecule has 2 atom stereocenters. The summed E-state index contributed by atoms with van der Waals surface area (Å²) < 4.78 is 7.45. The molecule has 3 aliphatic heterocycles. The van der Waals surface area contributed by atoms with Crippen LogP contribution in [0.25, 0.3) is 0 Å². The van der Waals surface area contributed by atoms with Gasteiger partial charge < -0.3 is 10.1 Å². The number of hydrazone groups is 1. The summed E-state index contributed by atoms with van der Waals surface area (Å²) in [5, 5.41) is 9.82. The van der Waals surface area contributed by atoms with Crippen molar-refractivity contribution in [1.29, 1.82) is 0 Å². The van der Waals surface area contributed by atoms with Crippen molar-refractivity contribution in [2.24, 2.45) is 5.10 Å². The van der Waals surface area contributed by atoms with Crippen LogP contribution in [0, 0.1) is 6.92 Å². The van der Waals surface area contributed by atoms with E-state index in [2.05, 4.69) is 58.5 Å². The molecule has 3 aromatic carbocycles. The Labute approximate surface area is 182 Å².